The first-order valence-electron chi connectivity index (χ1n) is 9.41. The molecule has 1 aliphatic rings. The molecule has 1 saturated heterocycles. The minimum atomic E-state index is -0.0322. The fourth-order valence-electron chi connectivity index (χ4n) is 3.48. The second kappa shape index (κ2) is 8.06. The molecule has 1 fully saturated rings. The molecule has 0 atom stereocenters. The summed E-state index contributed by atoms with van der Waals surface area (Å²) >= 11 is 1.68. The number of pyridine rings is 1. The Balaban J connectivity index is 1.45. The Labute approximate surface area is 168 Å². The van der Waals surface area contributed by atoms with E-state index in [1.54, 1.807) is 27.4 Å². The van der Waals surface area contributed by atoms with E-state index >= 15 is 0 Å². The number of fused-ring (bicyclic) bond motifs is 1. The molecule has 0 radical (unpaired) electrons. The molecule has 0 N–H and O–H groups in total. The van der Waals surface area contributed by atoms with Gasteiger partial charge in [-0.15, -0.1) is 11.8 Å². The first-order valence-corrected chi connectivity index (χ1v) is 10.4. The lowest BCUT2D eigenvalue weighted by Crippen LogP contribution is -2.50. The second-order valence-electron chi connectivity index (χ2n) is 6.60. The van der Waals surface area contributed by atoms with Crippen LogP contribution in [0.2, 0.25) is 0 Å². The maximum absolute atomic E-state index is 13.0. The van der Waals surface area contributed by atoms with Gasteiger partial charge in [0.05, 0.1) is 22.8 Å². The zero-order valence-corrected chi connectivity index (χ0v) is 16.6. The van der Waals surface area contributed by atoms with Gasteiger partial charge < -0.3 is 9.80 Å². The van der Waals surface area contributed by atoms with Crippen molar-refractivity contribution >= 4 is 29.1 Å². The van der Waals surface area contributed by atoms with Gasteiger partial charge in [0, 0.05) is 37.3 Å². The number of rotatable bonds is 4. The van der Waals surface area contributed by atoms with Crippen molar-refractivity contribution in [3.63, 3.8) is 0 Å². The first-order chi connectivity index (χ1) is 13.7. The number of thioether (sulfide) groups is 1. The van der Waals surface area contributed by atoms with E-state index in [0.717, 1.165) is 21.7 Å². The smallest absolute Gasteiger partial charge is 0.257 e. The van der Waals surface area contributed by atoms with Gasteiger partial charge in [0.25, 0.3) is 11.8 Å². The Kier molecular flexibility index (Phi) is 5.34. The van der Waals surface area contributed by atoms with Gasteiger partial charge in [-0.25, -0.2) is 4.52 Å². The van der Waals surface area contributed by atoms with E-state index in [1.807, 2.05) is 53.6 Å². The van der Waals surface area contributed by atoms with Crippen LogP contribution in [0.25, 0.3) is 5.52 Å². The highest BCUT2D eigenvalue weighted by Crippen LogP contribution is 2.24. The van der Waals surface area contributed by atoms with Gasteiger partial charge in [-0.3, -0.25) is 9.59 Å². The average molecular weight is 395 g/mol. The molecule has 0 bridgehead atoms. The Morgan fingerprint density at radius 3 is 2.29 bits per heavy atom. The highest BCUT2D eigenvalue weighted by Gasteiger charge is 2.27. The molecule has 2 aromatic heterocycles. The molecule has 7 heteroatoms. The third-order valence-electron chi connectivity index (χ3n) is 4.93. The summed E-state index contributed by atoms with van der Waals surface area (Å²) in [6, 6.07) is 13.4. The minimum absolute atomic E-state index is 0.0322. The van der Waals surface area contributed by atoms with Gasteiger partial charge in [0.2, 0.25) is 0 Å². The van der Waals surface area contributed by atoms with Crippen LogP contribution in [0.5, 0.6) is 0 Å². The maximum Gasteiger partial charge on any atom is 0.257 e. The Hall–Kier alpha value is -2.80. The van der Waals surface area contributed by atoms with Crippen molar-refractivity contribution in [1.29, 1.82) is 0 Å². The van der Waals surface area contributed by atoms with E-state index in [0.29, 0.717) is 31.7 Å². The van der Waals surface area contributed by atoms with Crippen molar-refractivity contribution in [3.8, 4) is 0 Å². The van der Waals surface area contributed by atoms with Crippen molar-refractivity contribution in [2.24, 2.45) is 0 Å². The predicted molar refractivity (Wildman–Crippen MR) is 110 cm³/mol. The fraction of sp³-hybridized carbons (Fsp3) is 0.286. The summed E-state index contributed by atoms with van der Waals surface area (Å²) in [5.41, 5.74) is 2.15. The third kappa shape index (κ3) is 3.49. The summed E-state index contributed by atoms with van der Waals surface area (Å²) < 4.78 is 1.70. The number of piperazine rings is 1. The Morgan fingerprint density at radius 1 is 0.929 bits per heavy atom. The van der Waals surface area contributed by atoms with E-state index in [1.165, 1.54) is 0 Å². The van der Waals surface area contributed by atoms with Crippen LogP contribution in [-0.2, 0) is 0 Å². The molecule has 0 saturated carbocycles. The highest BCUT2D eigenvalue weighted by atomic mass is 32.2. The van der Waals surface area contributed by atoms with Crippen LogP contribution in [0.4, 0.5) is 0 Å². The Bertz CT molecular complexity index is 1010. The van der Waals surface area contributed by atoms with Gasteiger partial charge in [0.1, 0.15) is 0 Å². The molecule has 3 aromatic rings. The summed E-state index contributed by atoms with van der Waals surface area (Å²) in [5.74, 6) is 0.932. The fourth-order valence-corrected chi connectivity index (χ4v) is 4.27. The average Bonchev–Trinajstić information content (AvgIpc) is 3.18. The van der Waals surface area contributed by atoms with Crippen LogP contribution in [0.15, 0.2) is 59.8 Å². The van der Waals surface area contributed by atoms with Crippen LogP contribution >= 0.6 is 11.8 Å². The van der Waals surface area contributed by atoms with Crippen LogP contribution in [0.1, 0.15) is 27.6 Å². The van der Waals surface area contributed by atoms with Gasteiger partial charge in [-0.1, -0.05) is 25.1 Å². The number of benzene rings is 1. The normalized spacial score (nSPS) is 14.5. The number of amides is 2. The van der Waals surface area contributed by atoms with Crippen molar-refractivity contribution in [2.75, 3.05) is 31.9 Å². The monoisotopic (exact) mass is 394 g/mol. The summed E-state index contributed by atoms with van der Waals surface area (Å²) in [6.45, 7) is 4.20. The molecular weight excluding hydrogens is 372 g/mol. The van der Waals surface area contributed by atoms with Crippen LogP contribution in [0, 0.1) is 0 Å². The van der Waals surface area contributed by atoms with E-state index in [2.05, 4.69) is 12.0 Å². The predicted octanol–water partition coefficient (Wildman–Crippen LogP) is 3.04. The van der Waals surface area contributed by atoms with Crippen LogP contribution in [-0.4, -0.2) is 63.2 Å². The van der Waals surface area contributed by atoms with Crippen molar-refractivity contribution in [1.82, 2.24) is 19.4 Å². The quantitative estimate of drug-likeness (QED) is 0.638. The van der Waals surface area contributed by atoms with Crippen molar-refractivity contribution in [2.45, 2.75) is 11.8 Å². The molecule has 1 aromatic carbocycles. The molecule has 3 heterocycles. The maximum atomic E-state index is 13.0. The van der Waals surface area contributed by atoms with E-state index in [9.17, 15) is 9.59 Å². The molecule has 1 aliphatic heterocycles. The number of hydrogen-bond donors (Lipinski definition) is 0. The molecule has 0 unspecified atom stereocenters. The molecule has 2 amide bonds. The molecule has 6 nitrogen and oxygen atoms in total. The number of nitrogens with zero attached hydrogens (tertiary/aromatic N) is 4. The number of carbonyl (C=O) groups is 2. The first kappa shape index (κ1) is 18.6. The lowest BCUT2D eigenvalue weighted by molar-refractivity contribution is 0.0534. The van der Waals surface area contributed by atoms with Crippen molar-refractivity contribution < 1.29 is 9.59 Å². The van der Waals surface area contributed by atoms with Crippen LogP contribution < -0.4 is 0 Å². The van der Waals surface area contributed by atoms with Gasteiger partial charge in [0.15, 0.2) is 0 Å². The largest absolute Gasteiger partial charge is 0.335 e. The lowest BCUT2D eigenvalue weighted by atomic mass is 10.1. The van der Waals surface area contributed by atoms with E-state index in [-0.39, 0.29) is 11.8 Å². The molecule has 0 spiro atoms. The molecule has 144 valence electrons. The van der Waals surface area contributed by atoms with Crippen molar-refractivity contribution in [3.05, 3.63) is 66.0 Å². The highest BCUT2D eigenvalue weighted by molar-refractivity contribution is 7.99. The third-order valence-corrected chi connectivity index (χ3v) is 5.88. The SMILES string of the molecule is CCSc1ccccc1C(=O)N1CCN(C(=O)c2cnn3ccccc23)CC1. The second-order valence-corrected chi connectivity index (χ2v) is 7.91. The number of aromatic nitrogens is 2. The summed E-state index contributed by atoms with van der Waals surface area (Å²) in [6.07, 6.45) is 3.45. The van der Waals surface area contributed by atoms with Gasteiger partial charge in [-0.2, -0.15) is 5.10 Å². The molecule has 4 rings (SSSR count). The molecule has 0 aliphatic carbocycles. The zero-order chi connectivity index (χ0) is 19.5. The summed E-state index contributed by atoms with van der Waals surface area (Å²) in [7, 11) is 0. The Morgan fingerprint density at radius 2 is 1.57 bits per heavy atom. The number of carbonyl (C=O) groups excluding carboxylic acids is 2. The summed E-state index contributed by atoms with van der Waals surface area (Å²) in [5, 5.41) is 4.25. The van der Waals surface area contributed by atoms with E-state index in [4.69, 9.17) is 0 Å². The van der Waals surface area contributed by atoms with Crippen LogP contribution in [0.3, 0.4) is 0 Å². The zero-order valence-electron chi connectivity index (χ0n) is 15.7. The lowest BCUT2D eigenvalue weighted by Gasteiger charge is -2.35. The van der Waals surface area contributed by atoms with E-state index < -0.39 is 0 Å². The minimum Gasteiger partial charge on any atom is -0.335 e. The molecule has 28 heavy (non-hydrogen) atoms. The molecular formula is C21H22N4O2S. The van der Waals surface area contributed by atoms with Gasteiger partial charge in [-0.05, 0) is 30.0 Å². The summed E-state index contributed by atoms with van der Waals surface area (Å²) in [4.78, 5) is 30.6. The standard InChI is InChI=1S/C21H22N4O2S/c1-2-28-19-9-4-3-7-16(19)20(26)23-11-13-24(14-12-23)21(27)17-15-22-25-10-6-5-8-18(17)25/h3-10,15H,2,11-14H2,1H3. The topological polar surface area (TPSA) is 57.9 Å². The number of hydrogen-bond acceptors (Lipinski definition) is 4. The van der Waals surface area contributed by atoms with Gasteiger partial charge >= 0.3 is 0 Å².